The predicted molar refractivity (Wildman–Crippen MR) is 60.9 cm³/mol. The molecule has 3 amide bonds. The van der Waals surface area contributed by atoms with Crippen LogP contribution in [0.2, 0.25) is 0 Å². The van der Waals surface area contributed by atoms with E-state index >= 15 is 0 Å². The van der Waals surface area contributed by atoms with Gasteiger partial charge in [-0.05, 0) is 18.2 Å². The highest BCUT2D eigenvalue weighted by molar-refractivity contribution is 5.96. The van der Waals surface area contributed by atoms with Gasteiger partial charge in [0.05, 0.1) is 5.97 Å². The molecule has 0 atom stereocenters. The number of para-hydroxylation sites is 1. The lowest BCUT2D eigenvalue weighted by atomic mass is 10.3. The number of carbonyl (C=O) groups excluding carboxylic acids is 3. The maximum absolute atomic E-state index is 11.3. The lowest BCUT2D eigenvalue weighted by molar-refractivity contribution is -0.297. The summed E-state index contributed by atoms with van der Waals surface area (Å²) in [7, 11) is 0. The van der Waals surface area contributed by atoms with Crippen LogP contribution in [0.1, 0.15) is 0 Å². The Labute approximate surface area is 102 Å². The van der Waals surface area contributed by atoms with Crippen LogP contribution < -0.4 is 21.3 Å². The number of nitrogens with one attached hydrogen (secondary N) is 3. The molecule has 0 aliphatic carbocycles. The summed E-state index contributed by atoms with van der Waals surface area (Å²) in [6, 6.07) is 7.93. The number of carbonyl (C=O) groups is 3. The molecule has 0 fully saturated rings. The Morgan fingerprint density at radius 3 is 2.28 bits per heavy atom. The van der Waals surface area contributed by atoms with E-state index in [0.29, 0.717) is 11.8 Å². The molecule has 0 aliphatic heterocycles. The van der Waals surface area contributed by atoms with Crippen LogP contribution in [0.5, 0.6) is 0 Å². The Morgan fingerprint density at radius 2 is 1.67 bits per heavy atom. The van der Waals surface area contributed by atoms with Crippen molar-refractivity contribution < 1.29 is 19.5 Å². The maximum Gasteiger partial charge on any atom is 0.337 e. The molecule has 0 bridgehead atoms. The third-order valence-electron chi connectivity index (χ3n) is 1.70. The Kier molecular flexibility index (Phi) is 4.92. The second kappa shape index (κ2) is 6.69. The number of rotatable bonds is 3. The monoisotopic (exact) mass is 248 g/mol. The SMILES string of the molecule is O=C([O-])/C=C/C(=O)NNC(=O)Nc1ccccc1. The molecule has 0 aliphatic rings. The number of hydrogen-bond donors (Lipinski definition) is 3. The Hall–Kier alpha value is -2.83. The van der Waals surface area contributed by atoms with Crippen LogP contribution in [0.25, 0.3) is 0 Å². The van der Waals surface area contributed by atoms with Crippen molar-refractivity contribution >= 4 is 23.6 Å². The molecule has 0 saturated carbocycles. The molecular weight excluding hydrogens is 238 g/mol. The van der Waals surface area contributed by atoms with Crippen molar-refractivity contribution in [2.24, 2.45) is 0 Å². The second-order valence-electron chi connectivity index (χ2n) is 3.09. The minimum atomic E-state index is -1.50. The molecule has 0 spiro atoms. The van der Waals surface area contributed by atoms with Crippen LogP contribution in [0, 0.1) is 0 Å². The van der Waals surface area contributed by atoms with Crippen molar-refractivity contribution in [2.75, 3.05) is 5.32 Å². The summed E-state index contributed by atoms with van der Waals surface area (Å²) in [4.78, 5) is 32.2. The zero-order valence-corrected chi connectivity index (χ0v) is 9.17. The van der Waals surface area contributed by atoms with Gasteiger partial charge in [-0.3, -0.25) is 10.2 Å². The first-order chi connectivity index (χ1) is 8.58. The number of amides is 3. The highest BCUT2D eigenvalue weighted by atomic mass is 16.4. The van der Waals surface area contributed by atoms with Gasteiger partial charge in [0.1, 0.15) is 0 Å². The molecule has 94 valence electrons. The van der Waals surface area contributed by atoms with Gasteiger partial charge >= 0.3 is 6.03 Å². The standard InChI is InChI=1S/C11H11N3O4/c15-9(6-7-10(16)17)13-14-11(18)12-8-4-2-1-3-5-8/h1-7H,(H,13,15)(H,16,17)(H2,12,14,18)/p-1/b7-6+. The summed E-state index contributed by atoms with van der Waals surface area (Å²) in [5.74, 6) is -2.29. The number of carboxylic acids is 1. The average molecular weight is 248 g/mol. The first-order valence-corrected chi connectivity index (χ1v) is 4.89. The highest BCUT2D eigenvalue weighted by Crippen LogP contribution is 2.03. The minimum absolute atomic E-state index is 0.548. The highest BCUT2D eigenvalue weighted by Gasteiger charge is 2.01. The van der Waals surface area contributed by atoms with Crippen molar-refractivity contribution in [3.8, 4) is 0 Å². The third-order valence-corrected chi connectivity index (χ3v) is 1.70. The Morgan fingerprint density at radius 1 is 1.00 bits per heavy atom. The molecule has 0 unspecified atom stereocenters. The van der Waals surface area contributed by atoms with Gasteiger partial charge in [-0.2, -0.15) is 0 Å². The van der Waals surface area contributed by atoms with Gasteiger partial charge in [-0.15, -0.1) is 0 Å². The molecule has 1 rings (SSSR count). The lowest BCUT2D eigenvalue weighted by Crippen LogP contribution is -2.43. The van der Waals surface area contributed by atoms with Gasteiger partial charge < -0.3 is 15.2 Å². The van der Waals surface area contributed by atoms with E-state index in [1.54, 1.807) is 30.3 Å². The Balaban J connectivity index is 2.34. The number of benzene rings is 1. The summed E-state index contributed by atoms with van der Waals surface area (Å²) in [6.45, 7) is 0. The Bertz CT molecular complexity index is 470. The fourth-order valence-corrected chi connectivity index (χ4v) is 0.988. The van der Waals surface area contributed by atoms with Crippen molar-refractivity contribution in [2.45, 2.75) is 0 Å². The molecule has 7 nitrogen and oxygen atoms in total. The van der Waals surface area contributed by atoms with E-state index in [1.807, 2.05) is 10.9 Å². The zero-order valence-electron chi connectivity index (χ0n) is 9.17. The number of urea groups is 1. The predicted octanol–water partition coefficient (Wildman–Crippen LogP) is -0.855. The van der Waals surface area contributed by atoms with Crippen LogP contribution >= 0.6 is 0 Å². The summed E-state index contributed by atoms with van der Waals surface area (Å²) >= 11 is 0. The second-order valence-corrected chi connectivity index (χ2v) is 3.09. The maximum atomic E-state index is 11.3. The van der Waals surface area contributed by atoms with E-state index in [0.717, 1.165) is 6.08 Å². The molecule has 18 heavy (non-hydrogen) atoms. The first kappa shape index (κ1) is 13.2. The van der Waals surface area contributed by atoms with Crippen LogP contribution in [0.15, 0.2) is 42.5 Å². The van der Waals surface area contributed by atoms with Gasteiger partial charge in [0, 0.05) is 11.8 Å². The van der Waals surface area contributed by atoms with Crippen molar-refractivity contribution in [3.63, 3.8) is 0 Å². The van der Waals surface area contributed by atoms with Crippen molar-refractivity contribution in [1.82, 2.24) is 10.9 Å². The molecule has 0 saturated heterocycles. The van der Waals surface area contributed by atoms with Gasteiger partial charge in [-0.25, -0.2) is 10.2 Å². The van der Waals surface area contributed by atoms with E-state index in [-0.39, 0.29) is 0 Å². The molecular formula is C11H10N3O4-. The fourth-order valence-electron chi connectivity index (χ4n) is 0.988. The molecule has 0 aromatic heterocycles. The van der Waals surface area contributed by atoms with Crippen LogP contribution in [-0.4, -0.2) is 17.9 Å². The minimum Gasteiger partial charge on any atom is -0.545 e. The summed E-state index contributed by atoms with van der Waals surface area (Å²) in [6.07, 6.45) is 1.27. The average Bonchev–Trinajstić information content (AvgIpc) is 2.35. The van der Waals surface area contributed by atoms with E-state index in [4.69, 9.17) is 0 Å². The normalized spacial score (nSPS) is 9.78. The molecule has 7 heteroatoms. The number of carboxylic acid groups (broad SMARTS) is 1. The number of hydrazine groups is 1. The van der Waals surface area contributed by atoms with E-state index in [1.165, 1.54) is 0 Å². The van der Waals surface area contributed by atoms with Crippen LogP contribution in [0.3, 0.4) is 0 Å². The van der Waals surface area contributed by atoms with Gasteiger partial charge in [0.15, 0.2) is 0 Å². The third kappa shape index (κ3) is 5.31. The zero-order chi connectivity index (χ0) is 13.4. The molecule has 0 heterocycles. The smallest absolute Gasteiger partial charge is 0.337 e. The van der Waals surface area contributed by atoms with E-state index in [2.05, 4.69) is 5.32 Å². The van der Waals surface area contributed by atoms with Crippen LogP contribution in [0.4, 0.5) is 10.5 Å². The van der Waals surface area contributed by atoms with Gasteiger partial charge in [0.2, 0.25) is 0 Å². The fraction of sp³-hybridized carbons (Fsp3) is 0. The molecule has 3 N–H and O–H groups in total. The molecule has 1 aromatic rings. The number of hydrogen-bond acceptors (Lipinski definition) is 4. The van der Waals surface area contributed by atoms with Crippen LogP contribution in [-0.2, 0) is 9.59 Å². The topological polar surface area (TPSA) is 110 Å². The summed E-state index contributed by atoms with van der Waals surface area (Å²) in [5.41, 5.74) is 4.57. The molecule has 1 aromatic carbocycles. The van der Waals surface area contributed by atoms with Gasteiger partial charge in [-0.1, -0.05) is 18.2 Å². The number of anilines is 1. The van der Waals surface area contributed by atoms with Crippen molar-refractivity contribution in [3.05, 3.63) is 42.5 Å². The largest absolute Gasteiger partial charge is 0.545 e. The lowest BCUT2D eigenvalue weighted by Gasteiger charge is -2.07. The first-order valence-electron chi connectivity index (χ1n) is 4.89. The van der Waals surface area contributed by atoms with Gasteiger partial charge in [0.25, 0.3) is 5.91 Å². The molecule has 0 radical (unpaired) electrons. The van der Waals surface area contributed by atoms with Crippen molar-refractivity contribution in [1.29, 1.82) is 0 Å². The summed E-state index contributed by atoms with van der Waals surface area (Å²) < 4.78 is 0. The quantitative estimate of drug-likeness (QED) is 0.477. The van der Waals surface area contributed by atoms with E-state index in [9.17, 15) is 19.5 Å². The van der Waals surface area contributed by atoms with E-state index < -0.39 is 17.9 Å². The number of aliphatic carboxylic acids is 1. The summed E-state index contributed by atoms with van der Waals surface area (Å²) in [5, 5.41) is 12.5.